The van der Waals surface area contributed by atoms with Crippen molar-refractivity contribution in [2.75, 3.05) is 32.7 Å². The largest absolute Gasteiger partial charge is 0.387 e. The summed E-state index contributed by atoms with van der Waals surface area (Å²) in [6.45, 7) is 11.6. The van der Waals surface area contributed by atoms with Crippen molar-refractivity contribution in [3.05, 3.63) is 71.8 Å². The molecule has 1 aliphatic heterocycles. The molecular formula is C25H34N2OS. The summed E-state index contributed by atoms with van der Waals surface area (Å²) in [4.78, 5) is 6.16. The number of aliphatic hydroxyl groups excluding tert-OH is 1. The van der Waals surface area contributed by atoms with Gasteiger partial charge in [-0.05, 0) is 30.2 Å². The first kappa shape index (κ1) is 22.1. The van der Waals surface area contributed by atoms with E-state index in [1.54, 1.807) is 0 Å². The van der Waals surface area contributed by atoms with Gasteiger partial charge >= 0.3 is 0 Å². The average molecular weight is 411 g/mol. The maximum absolute atomic E-state index is 10.9. The van der Waals surface area contributed by atoms with Crippen molar-refractivity contribution in [2.45, 2.75) is 43.1 Å². The number of benzene rings is 2. The van der Waals surface area contributed by atoms with Crippen molar-refractivity contribution in [3.63, 3.8) is 0 Å². The number of hydrogen-bond acceptors (Lipinski definition) is 4. The van der Waals surface area contributed by atoms with Crippen LogP contribution in [0.15, 0.2) is 65.6 Å². The van der Waals surface area contributed by atoms with Gasteiger partial charge in [0.15, 0.2) is 0 Å². The van der Waals surface area contributed by atoms with E-state index in [-0.39, 0.29) is 6.04 Å². The molecule has 0 aliphatic carbocycles. The average Bonchev–Trinajstić information content (AvgIpc) is 2.74. The Hall–Kier alpha value is -1.59. The highest BCUT2D eigenvalue weighted by Gasteiger charge is 2.26. The Morgan fingerprint density at radius 3 is 2.21 bits per heavy atom. The van der Waals surface area contributed by atoms with Gasteiger partial charge < -0.3 is 5.11 Å². The first-order valence-electron chi connectivity index (χ1n) is 10.7. The van der Waals surface area contributed by atoms with Crippen LogP contribution >= 0.6 is 11.8 Å². The Morgan fingerprint density at radius 2 is 1.59 bits per heavy atom. The first-order valence-corrected chi connectivity index (χ1v) is 11.5. The fraction of sp³-hybridized carbons (Fsp3) is 0.440. The molecule has 1 N–H and O–H groups in total. The zero-order chi connectivity index (χ0) is 20.6. The molecule has 3 rings (SSSR count). The molecule has 1 saturated heterocycles. The fourth-order valence-corrected chi connectivity index (χ4v) is 4.59. The summed E-state index contributed by atoms with van der Waals surface area (Å²) in [6, 6.07) is 19.0. The van der Waals surface area contributed by atoms with Gasteiger partial charge in [0.25, 0.3) is 0 Å². The fourth-order valence-electron chi connectivity index (χ4n) is 3.75. The molecule has 2 unspecified atom stereocenters. The maximum atomic E-state index is 10.9. The van der Waals surface area contributed by atoms with Crippen LogP contribution in [0.5, 0.6) is 0 Å². The summed E-state index contributed by atoms with van der Waals surface area (Å²) in [5.74, 6) is 0. The molecule has 4 heteroatoms. The van der Waals surface area contributed by atoms with Crippen LogP contribution in [0.25, 0.3) is 6.08 Å². The molecular weight excluding hydrogens is 376 g/mol. The van der Waals surface area contributed by atoms with Gasteiger partial charge in [-0.25, -0.2) is 0 Å². The third-order valence-corrected chi connectivity index (χ3v) is 6.52. The minimum atomic E-state index is -0.447. The van der Waals surface area contributed by atoms with E-state index in [0.717, 1.165) is 38.3 Å². The van der Waals surface area contributed by atoms with Gasteiger partial charge in [-0.15, -0.1) is 11.8 Å². The van der Waals surface area contributed by atoms with E-state index in [1.807, 2.05) is 17.8 Å². The minimum Gasteiger partial charge on any atom is -0.387 e. The molecule has 29 heavy (non-hydrogen) atoms. The second-order valence-corrected chi connectivity index (χ2v) is 9.72. The topological polar surface area (TPSA) is 26.7 Å². The van der Waals surface area contributed by atoms with Gasteiger partial charge in [0, 0.05) is 48.9 Å². The van der Waals surface area contributed by atoms with E-state index in [9.17, 15) is 5.11 Å². The van der Waals surface area contributed by atoms with E-state index in [0.29, 0.717) is 5.25 Å². The van der Waals surface area contributed by atoms with Gasteiger partial charge in [0.1, 0.15) is 0 Å². The quantitative estimate of drug-likeness (QED) is 0.624. The lowest BCUT2D eigenvalue weighted by Crippen LogP contribution is -2.50. The lowest BCUT2D eigenvalue weighted by molar-refractivity contribution is 0.0286. The number of nitrogens with zero attached hydrogens (tertiary/aromatic N) is 2. The number of hydrogen-bond donors (Lipinski definition) is 1. The van der Waals surface area contributed by atoms with Crippen LogP contribution in [0.3, 0.4) is 0 Å². The summed E-state index contributed by atoms with van der Waals surface area (Å²) >= 11 is 1.86. The van der Waals surface area contributed by atoms with Crippen LogP contribution < -0.4 is 0 Å². The van der Waals surface area contributed by atoms with Crippen LogP contribution in [-0.2, 0) is 0 Å². The predicted molar refractivity (Wildman–Crippen MR) is 125 cm³/mol. The lowest BCUT2D eigenvalue weighted by atomic mass is 10.0. The van der Waals surface area contributed by atoms with Crippen molar-refractivity contribution in [1.29, 1.82) is 0 Å². The van der Waals surface area contributed by atoms with Gasteiger partial charge in [-0.3, -0.25) is 9.80 Å². The molecule has 3 nitrogen and oxygen atoms in total. The highest BCUT2D eigenvalue weighted by molar-refractivity contribution is 7.99. The van der Waals surface area contributed by atoms with Crippen LogP contribution in [-0.4, -0.2) is 58.9 Å². The summed E-state index contributed by atoms with van der Waals surface area (Å²) < 4.78 is 0. The highest BCUT2D eigenvalue weighted by atomic mass is 32.2. The van der Waals surface area contributed by atoms with Gasteiger partial charge in [0.2, 0.25) is 0 Å². The number of piperazine rings is 1. The highest BCUT2D eigenvalue weighted by Crippen LogP contribution is 2.27. The molecule has 1 heterocycles. The summed E-state index contributed by atoms with van der Waals surface area (Å²) in [5, 5.41) is 11.4. The molecule has 1 aliphatic rings. The van der Waals surface area contributed by atoms with Crippen molar-refractivity contribution in [3.8, 4) is 0 Å². The smallest absolute Gasteiger partial charge is 0.0942 e. The molecule has 156 valence electrons. The summed E-state index contributed by atoms with van der Waals surface area (Å²) in [6.07, 6.45) is 4.00. The third kappa shape index (κ3) is 6.71. The minimum absolute atomic E-state index is 0.126. The van der Waals surface area contributed by atoms with Crippen LogP contribution in [0.1, 0.15) is 38.0 Å². The Balaban J connectivity index is 1.46. The Kier molecular flexibility index (Phi) is 8.37. The predicted octanol–water partition coefficient (Wildman–Crippen LogP) is 4.94. The maximum Gasteiger partial charge on any atom is 0.0942 e. The van der Waals surface area contributed by atoms with E-state index in [1.165, 1.54) is 10.5 Å². The molecule has 2 aromatic carbocycles. The Labute approximate surface area is 180 Å². The number of aliphatic hydroxyl groups is 1. The number of thioether (sulfide) groups is 1. The monoisotopic (exact) mass is 410 g/mol. The molecule has 2 aromatic rings. The molecule has 1 fully saturated rings. The number of rotatable bonds is 8. The standard InChI is InChI=1S/C25H34N2OS/c1-20(2)29-24-13-11-23(12-14-24)25(28)21(3)27-18-16-26(17-19-27)15-7-10-22-8-5-4-6-9-22/h4-14,20-21,25,28H,15-19H2,1-3H3/b10-7+. The molecule has 0 bridgehead atoms. The molecule has 0 saturated carbocycles. The molecule has 0 aromatic heterocycles. The van der Waals surface area contributed by atoms with Crippen molar-refractivity contribution in [2.24, 2.45) is 0 Å². The molecule has 0 radical (unpaired) electrons. The van der Waals surface area contributed by atoms with E-state index in [2.05, 4.69) is 91.3 Å². The van der Waals surface area contributed by atoms with Crippen molar-refractivity contribution in [1.82, 2.24) is 9.80 Å². The van der Waals surface area contributed by atoms with Gasteiger partial charge in [-0.2, -0.15) is 0 Å². The van der Waals surface area contributed by atoms with Crippen molar-refractivity contribution >= 4 is 17.8 Å². The summed E-state index contributed by atoms with van der Waals surface area (Å²) in [7, 11) is 0. The SMILES string of the molecule is CC(C)Sc1ccc(C(O)C(C)N2CCN(C/C=C/c3ccccc3)CC2)cc1. The van der Waals surface area contributed by atoms with E-state index < -0.39 is 6.10 Å². The van der Waals surface area contributed by atoms with Crippen molar-refractivity contribution < 1.29 is 5.11 Å². The normalized spacial score (nSPS) is 18.4. The van der Waals surface area contributed by atoms with E-state index >= 15 is 0 Å². The zero-order valence-corrected chi connectivity index (χ0v) is 18.7. The van der Waals surface area contributed by atoms with Gasteiger partial charge in [0.05, 0.1) is 6.10 Å². The molecule has 0 amide bonds. The lowest BCUT2D eigenvalue weighted by Gasteiger charge is -2.39. The molecule has 0 spiro atoms. The van der Waals surface area contributed by atoms with E-state index in [4.69, 9.17) is 0 Å². The summed E-state index contributed by atoms with van der Waals surface area (Å²) in [5.41, 5.74) is 2.26. The first-order chi connectivity index (χ1) is 14.0. The van der Waals surface area contributed by atoms with Gasteiger partial charge in [-0.1, -0.05) is 68.5 Å². The van der Waals surface area contributed by atoms with Crippen LogP contribution in [0, 0.1) is 0 Å². The Bertz CT molecular complexity index is 752. The zero-order valence-electron chi connectivity index (χ0n) is 17.9. The van der Waals surface area contributed by atoms with Crippen LogP contribution in [0.4, 0.5) is 0 Å². The second-order valence-electron chi connectivity index (χ2n) is 8.07. The molecule has 2 atom stereocenters. The second kappa shape index (κ2) is 11.0. The van der Waals surface area contributed by atoms with Crippen LogP contribution in [0.2, 0.25) is 0 Å². The Morgan fingerprint density at radius 1 is 0.931 bits per heavy atom. The third-order valence-electron chi connectivity index (χ3n) is 5.51.